The highest BCUT2D eigenvalue weighted by Gasteiger charge is 2.31. The van der Waals surface area contributed by atoms with Crippen molar-refractivity contribution in [1.82, 2.24) is 14.8 Å². The maximum absolute atomic E-state index is 12.6. The fraction of sp³-hybridized carbons (Fsp3) is 0.316. The van der Waals surface area contributed by atoms with Crippen molar-refractivity contribution in [3.8, 4) is 0 Å². The lowest BCUT2D eigenvalue weighted by Crippen LogP contribution is -2.23. The summed E-state index contributed by atoms with van der Waals surface area (Å²) in [4.78, 5) is 13.9. The first-order chi connectivity index (χ1) is 13.5. The Kier molecular flexibility index (Phi) is 5.96. The Bertz CT molecular complexity index is 966. The fourth-order valence-corrected chi connectivity index (χ4v) is 5.02. The Hall–Kier alpha value is -1.54. The molecular formula is C19H18Cl2N4OS2. The van der Waals surface area contributed by atoms with Gasteiger partial charge in [-0.15, -0.1) is 21.5 Å². The number of benzene rings is 1. The summed E-state index contributed by atoms with van der Waals surface area (Å²) in [5, 5.41) is 15.1. The number of carbonyl (C=O) groups is 1. The first-order valence-electron chi connectivity index (χ1n) is 8.89. The molecule has 3 aromatic rings. The third-order valence-electron chi connectivity index (χ3n) is 4.34. The minimum absolute atomic E-state index is 0.131. The lowest BCUT2D eigenvalue weighted by molar-refractivity contribution is -0.115. The molecule has 5 nitrogen and oxygen atoms in total. The standard InChI is InChI=1S/C19H18Cl2N4OS2/c1-11(18(26)22-14-8-12(20)7-13(21)9-14)28-19-24-23-17(25(19)15-4-5-15)10-16-3-2-6-27-16/h2-3,6-9,11,15H,4-5,10H2,1H3,(H,22,26). The summed E-state index contributed by atoms with van der Waals surface area (Å²) >= 11 is 15.1. The smallest absolute Gasteiger partial charge is 0.237 e. The number of hydrogen-bond acceptors (Lipinski definition) is 5. The van der Waals surface area contributed by atoms with Gasteiger partial charge in [0.1, 0.15) is 5.82 Å². The SMILES string of the molecule is CC(Sc1nnc(Cc2cccs2)n1C1CC1)C(=O)Nc1cc(Cl)cc(Cl)c1. The molecule has 1 unspecified atom stereocenters. The van der Waals surface area contributed by atoms with Crippen LogP contribution in [-0.2, 0) is 11.2 Å². The molecule has 1 aliphatic carbocycles. The summed E-state index contributed by atoms with van der Waals surface area (Å²) in [5.41, 5.74) is 0.581. The van der Waals surface area contributed by atoms with Gasteiger partial charge in [0.25, 0.3) is 0 Å². The number of amides is 1. The number of aromatic nitrogens is 3. The molecule has 1 N–H and O–H groups in total. The molecule has 1 atom stereocenters. The van der Waals surface area contributed by atoms with E-state index in [1.807, 2.05) is 13.0 Å². The summed E-state index contributed by atoms with van der Waals surface area (Å²) in [7, 11) is 0. The lowest BCUT2D eigenvalue weighted by Gasteiger charge is -2.13. The molecule has 0 bridgehead atoms. The zero-order chi connectivity index (χ0) is 19.7. The van der Waals surface area contributed by atoms with Gasteiger partial charge in [-0.25, -0.2) is 0 Å². The number of halogens is 2. The van der Waals surface area contributed by atoms with Crippen molar-refractivity contribution < 1.29 is 4.79 Å². The lowest BCUT2D eigenvalue weighted by atomic mass is 10.3. The number of nitrogens with zero attached hydrogens (tertiary/aromatic N) is 3. The number of carbonyl (C=O) groups excluding carboxylic acids is 1. The van der Waals surface area contributed by atoms with Crippen LogP contribution in [0, 0.1) is 0 Å². The molecule has 9 heteroatoms. The van der Waals surface area contributed by atoms with Gasteiger partial charge in [0.05, 0.1) is 5.25 Å². The molecule has 2 aromatic heterocycles. The van der Waals surface area contributed by atoms with Crippen molar-refractivity contribution in [3.05, 3.63) is 56.5 Å². The highest BCUT2D eigenvalue weighted by atomic mass is 35.5. The molecule has 4 rings (SSSR count). The quantitative estimate of drug-likeness (QED) is 0.467. The zero-order valence-corrected chi connectivity index (χ0v) is 18.2. The van der Waals surface area contributed by atoms with Gasteiger partial charge in [-0.1, -0.05) is 41.0 Å². The Morgan fingerprint density at radius 1 is 1.32 bits per heavy atom. The maximum atomic E-state index is 12.6. The number of hydrogen-bond donors (Lipinski definition) is 1. The van der Waals surface area contributed by atoms with E-state index in [9.17, 15) is 4.79 Å². The Labute approximate surface area is 181 Å². The second-order valence-corrected chi connectivity index (χ2v) is 9.88. The molecule has 2 heterocycles. The van der Waals surface area contributed by atoms with Gasteiger partial charge < -0.3 is 9.88 Å². The van der Waals surface area contributed by atoms with E-state index >= 15 is 0 Å². The highest BCUT2D eigenvalue weighted by molar-refractivity contribution is 8.00. The molecule has 1 amide bonds. The van der Waals surface area contributed by atoms with Crippen LogP contribution in [0.4, 0.5) is 5.69 Å². The molecule has 0 radical (unpaired) electrons. The van der Waals surface area contributed by atoms with Crippen molar-refractivity contribution >= 4 is 57.9 Å². The maximum Gasteiger partial charge on any atom is 0.237 e. The number of thioether (sulfide) groups is 1. The second-order valence-electron chi connectivity index (χ2n) is 6.66. The van der Waals surface area contributed by atoms with E-state index in [0.717, 1.165) is 30.2 Å². The third-order valence-corrected chi connectivity index (χ3v) is 6.71. The molecule has 1 aromatic carbocycles. The molecule has 0 saturated heterocycles. The van der Waals surface area contributed by atoms with Crippen molar-refractivity contribution in [2.24, 2.45) is 0 Å². The Balaban J connectivity index is 1.47. The van der Waals surface area contributed by atoms with Crippen molar-refractivity contribution in [1.29, 1.82) is 0 Å². The number of thiophene rings is 1. The van der Waals surface area contributed by atoms with Crippen molar-refractivity contribution in [2.45, 2.75) is 42.6 Å². The first kappa shape index (κ1) is 19.8. The third kappa shape index (κ3) is 4.71. The zero-order valence-electron chi connectivity index (χ0n) is 15.1. The molecule has 1 saturated carbocycles. The van der Waals surface area contributed by atoms with Gasteiger partial charge in [-0.2, -0.15) is 0 Å². The number of rotatable bonds is 7. The molecule has 28 heavy (non-hydrogen) atoms. The molecule has 0 spiro atoms. The van der Waals surface area contributed by atoms with Gasteiger partial charge >= 0.3 is 0 Å². The largest absolute Gasteiger partial charge is 0.325 e. The minimum Gasteiger partial charge on any atom is -0.325 e. The molecule has 146 valence electrons. The molecular weight excluding hydrogens is 435 g/mol. The predicted molar refractivity (Wildman–Crippen MR) is 116 cm³/mol. The van der Waals surface area contributed by atoms with Gasteiger partial charge in [0.2, 0.25) is 5.91 Å². The predicted octanol–water partition coefficient (Wildman–Crippen LogP) is 5.69. The average molecular weight is 453 g/mol. The number of nitrogens with one attached hydrogen (secondary N) is 1. The topological polar surface area (TPSA) is 59.8 Å². The van der Waals surface area contributed by atoms with Gasteiger partial charge in [0.15, 0.2) is 5.16 Å². The number of anilines is 1. The van der Waals surface area contributed by atoms with Crippen molar-refractivity contribution in [2.75, 3.05) is 5.32 Å². The van der Waals surface area contributed by atoms with Gasteiger partial charge in [-0.05, 0) is 49.4 Å². The van der Waals surface area contributed by atoms with Crippen LogP contribution in [-0.4, -0.2) is 25.9 Å². The van der Waals surface area contributed by atoms with E-state index in [1.165, 1.54) is 16.6 Å². The van der Waals surface area contributed by atoms with Gasteiger partial charge in [0, 0.05) is 33.1 Å². The van der Waals surface area contributed by atoms with Crippen LogP contribution in [0.25, 0.3) is 0 Å². The van der Waals surface area contributed by atoms with E-state index in [4.69, 9.17) is 23.2 Å². The first-order valence-corrected chi connectivity index (χ1v) is 11.4. The minimum atomic E-state index is -0.339. The highest BCUT2D eigenvalue weighted by Crippen LogP contribution is 2.40. The molecule has 1 aliphatic rings. The Morgan fingerprint density at radius 3 is 2.71 bits per heavy atom. The van der Waals surface area contributed by atoms with Crippen LogP contribution >= 0.6 is 46.3 Å². The summed E-state index contributed by atoms with van der Waals surface area (Å²) in [6.07, 6.45) is 3.03. The van der Waals surface area contributed by atoms with Crippen molar-refractivity contribution in [3.63, 3.8) is 0 Å². The van der Waals surface area contributed by atoms with E-state index < -0.39 is 0 Å². The fourth-order valence-electron chi connectivity index (χ4n) is 2.86. The Morgan fingerprint density at radius 2 is 2.07 bits per heavy atom. The average Bonchev–Trinajstić information content (AvgIpc) is 3.18. The summed E-state index contributed by atoms with van der Waals surface area (Å²) < 4.78 is 2.20. The van der Waals surface area contributed by atoms with Crippen LogP contribution in [0.1, 0.15) is 36.5 Å². The van der Waals surface area contributed by atoms with Gasteiger partial charge in [-0.3, -0.25) is 4.79 Å². The normalized spacial score (nSPS) is 14.8. The second kappa shape index (κ2) is 8.45. The summed E-state index contributed by atoms with van der Waals surface area (Å²) in [6.45, 7) is 1.86. The molecule has 1 fully saturated rings. The van der Waals surface area contributed by atoms with E-state index in [1.54, 1.807) is 29.5 Å². The summed E-state index contributed by atoms with van der Waals surface area (Å²) in [5.74, 6) is 0.829. The van der Waals surface area contributed by atoms with E-state index in [0.29, 0.717) is 21.8 Å². The monoisotopic (exact) mass is 452 g/mol. The van der Waals surface area contributed by atoms with Crippen LogP contribution < -0.4 is 5.32 Å². The van der Waals surface area contributed by atoms with Crippen LogP contribution in [0.5, 0.6) is 0 Å². The van der Waals surface area contributed by atoms with E-state index in [-0.39, 0.29) is 11.2 Å². The van der Waals surface area contributed by atoms with Crippen LogP contribution in [0.2, 0.25) is 10.0 Å². The summed E-state index contributed by atoms with van der Waals surface area (Å²) in [6, 6.07) is 9.57. The van der Waals surface area contributed by atoms with E-state index in [2.05, 4.69) is 31.5 Å². The van der Waals surface area contributed by atoms with Crippen LogP contribution in [0.3, 0.4) is 0 Å². The van der Waals surface area contributed by atoms with Crippen LogP contribution in [0.15, 0.2) is 40.9 Å². The molecule has 0 aliphatic heterocycles.